The van der Waals surface area contributed by atoms with Gasteiger partial charge < -0.3 is 0 Å². The highest BCUT2D eigenvalue weighted by Gasteiger charge is 2.28. The molecule has 174 valence electrons. The Bertz CT molecular complexity index is 1290. The second kappa shape index (κ2) is 11.3. The molecular weight excluding hydrogens is 456 g/mol. The predicted octanol–water partition coefficient (Wildman–Crippen LogP) is 3.20. The molecule has 8 heteroatoms. The zero-order chi connectivity index (χ0) is 24.6. The Balaban J connectivity index is 2.30. The molecule has 0 heterocycles. The topological polar surface area (TPSA) is 74.8 Å². The number of aryl methyl sites for hydroxylation is 2. The van der Waals surface area contributed by atoms with Crippen LogP contribution in [0.3, 0.4) is 0 Å². The van der Waals surface area contributed by atoms with Crippen LogP contribution in [0.15, 0.2) is 70.5 Å². The highest BCUT2D eigenvalue weighted by molar-refractivity contribution is 7.89. The molecule has 0 aliphatic carbocycles. The lowest BCUT2D eigenvalue weighted by molar-refractivity contribution is 0.439. The molecule has 0 fully saturated rings. The van der Waals surface area contributed by atoms with E-state index in [1.165, 1.54) is 28.6 Å². The minimum Gasteiger partial charge on any atom is -0.207 e. The molecule has 0 saturated heterocycles. The lowest BCUT2D eigenvalue weighted by Gasteiger charge is -2.25. The summed E-state index contributed by atoms with van der Waals surface area (Å²) in [5.74, 6) is 7.83. The summed E-state index contributed by atoms with van der Waals surface area (Å²) in [5, 5.41) is 0. The van der Waals surface area contributed by atoms with Crippen LogP contribution < -0.4 is 0 Å². The molecule has 6 nitrogen and oxygen atoms in total. The normalized spacial score (nSPS) is 11.6. The van der Waals surface area contributed by atoms with Crippen LogP contribution in [0.2, 0.25) is 0 Å². The fraction of sp³-hybridized carbons (Fsp3) is 0.280. The Hall–Kier alpha value is -2.88. The zero-order valence-electron chi connectivity index (χ0n) is 19.1. The highest BCUT2D eigenvalue weighted by atomic mass is 32.2. The summed E-state index contributed by atoms with van der Waals surface area (Å²) in [4.78, 5) is 0.240. The summed E-state index contributed by atoms with van der Waals surface area (Å²) < 4.78 is 54.9. The van der Waals surface area contributed by atoms with Crippen molar-refractivity contribution in [2.75, 3.05) is 26.2 Å². The third kappa shape index (κ3) is 6.80. The number of rotatable bonds is 10. The molecule has 0 aromatic heterocycles. The molecule has 2 aromatic carbocycles. The van der Waals surface area contributed by atoms with Crippen molar-refractivity contribution in [3.05, 3.63) is 71.8 Å². The monoisotopic (exact) mass is 484 g/mol. The maximum absolute atomic E-state index is 13.2. The van der Waals surface area contributed by atoms with Crippen LogP contribution >= 0.6 is 0 Å². The Kier molecular flexibility index (Phi) is 9.04. The minimum atomic E-state index is -3.89. The average molecular weight is 485 g/mol. The van der Waals surface area contributed by atoms with E-state index in [1.807, 2.05) is 13.8 Å². The van der Waals surface area contributed by atoms with Gasteiger partial charge in [0.25, 0.3) is 0 Å². The average Bonchev–Trinajstić information content (AvgIpc) is 2.76. The summed E-state index contributed by atoms with van der Waals surface area (Å²) >= 11 is 0. The molecule has 2 rings (SSSR count). The van der Waals surface area contributed by atoms with Gasteiger partial charge in [0, 0.05) is 13.1 Å². The van der Waals surface area contributed by atoms with Crippen molar-refractivity contribution >= 4 is 20.0 Å². The Morgan fingerprint density at radius 1 is 0.818 bits per heavy atom. The SMILES string of the molecule is C#CCN(CC(=C)CN(CC#CC)S(=O)(=O)c1ccc(C)cc1)S(=O)(=O)c1ccc(C)cc1. The molecule has 0 N–H and O–H groups in total. The number of terminal acetylenes is 1. The van der Waals surface area contributed by atoms with E-state index in [1.54, 1.807) is 31.2 Å². The maximum Gasteiger partial charge on any atom is 0.244 e. The van der Waals surface area contributed by atoms with Gasteiger partial charge in [-0.15, -0.1) is 12.3 Å². The maximum atomic E-state index is 13.2. The summed E-state index contributed by atoms with van der Waals surface area (Å²) in [6.45, 7) is 8.84. The number of hydrogen-bond acceptors (Lipinski definition) is 4. The van der Waals surface area contributed by atoms with E-state index in [-0.39, 0.29) is 36.0 Å². The highest BCUT2D eigenvalue weighted by Crippen LogP contribution is 2.20. The fourth-order valence-electron chi connectivity index (χ4n) is 2.99. The van der Waals surface area contributed by atoms with E-state index in [0.717, 1.165) is 15.4 Å². The molecule has 33 heavy (non-hydrogen) atoms. The molecule has 0 aliphatic rings. The predicted molar refractivity (Wildman–Crippen MR) is 131 cm³/mol. The van der Waals surface area contributed by atoms with Crippen LogP contribution in [0.5, 0.6) is 0 Å². The fourth-order valence-corrected chi connectivity index (χ4v) is 5.73. The second-order valence-electron chi connectivity index (χ2n) is 7.55. The van der Waals surface area contributed by atoms with Gasteiger partial charge in [0.2, 0.25) is 20.0 Å². The van der Waals surface area contributed by atoms with Gasteiger partial charge in [0.1, 0.15) is 0 Å². The van der Waals surface area contributed by atoms with E-state index in [9.17, 15) is 16.8 Å². The molecule has 2 aromatic rings. The third-order valence-electron chi connectivity index (χ3n) is 4.82. The first-order valence-corrected chi connectivity index (χ1v) is 13.0. The summed E-state index contributed by atoms with van der Waals surface area (Å²) in [7, 11) is -7.75. The minimum absolute atomic E-state index is 0.0500. The van der Waals surface area contributed by atoms with Crippen LogP contribution in [-0.4, -0.2) is 51.6 Å². The van der Waals surface area contributed by atoms with E-state index in [4.69, 9.17) is 6.42 Å². The second-order valence-corrected chi connectivity index (χ2v) is 11.4. The lowest BCUT2D eigenvalue weighted by atomic mass is 10.2. The van der Waals surface area contributed by atoms with Gasteiger partial charge in [-0.1, -0.05) is 53.8 Å². The van der Waals surface area contributed by atoms with Crippen molar-refractivity contribution in [1.29, 1.82) is 0 Å². The molecular formula is C25H28N2O4S2. The van der Waals surface area contributed by atoms with Gasteiger partial charge in [-0.3, -0.25) is 0 Å². The van der Waals surface area contributed by atoms with Gasteiger partial charge in [-0.25, -0.2) is 16.8 Å². The van der Waals surface area contributed by atoms with Crippen LogP contribution in [0.4, 0.5) is 0 Å². The van der Waals surface area contributed by atoms with Crippen LogP contribution in [0, 0.1) is 38.0 Å². The number of benzene rings is 2. The van der Waals surface area contributed by atoms with E-state index < -0.39 is 20.0 Å². The first-order chi connectivity index (χ1) is 15.5. The molecule has 0 aliphatic heterocycles. The van der Waals surface area contributed by atoms with Crippen molar-refractivity contribution in [2.24, 2.45) is 0 Å². The number of hydrogen-bond donors (Lipinski definition) is 0. The first-order valence-electron chi connectivity index (χ1n) is 10.2. The summed E-state index contributed by atoms with van der Waals surface area (Å²) in [6, 6.07) is 12.9. The Morgan fingerprint density at radius 3 is 1.58 bits per heavy atom. The van der Waals surface area contributed by atoms with Crippen molar-refractivity contribution in [2.45, 2.75) is 30.6 Å². The van der Waals surface area contributed by atoms with Gasteiger partial charge in [0.15, 0.2) is 0 Å². The molecule has 0 bridgehead atoms. The Labute approximate surface area is 198 Å². The van der Waals surface area contributed by atoms with Crippen LogP contribution in [-0.2, 0) is 20.0 Å². The quantitative estimate of drug-likeness (QED) is 0.383. The standard InChI is InChI=1S/C25H28N2O4S2/c1-6-8-18-27(33(30,31)25-15-11-22(4)12-16-25)20-23(5)19-26(17-7-2)32(28,29)24-13-9-21(3)10-14-24/h2,9-16H,5,17-20H2,1,3-4H3. The molecule has 0 amide bonds. The zero-order valence-corrected chi connectivity index (χ0v) is 20.7. The van der Waals surface area contributed by atoms with Crippen molar-refractivity contribution in [3.63, 3.8) is 0 Å². The van der Waals surface area contributed by atoms with Gasteiger partial charge >= 0.3 is 0 Å². The first kappa shape index (κ1) is 26.4. The van der Waals surface area contributed by atoms with Crippen molar-refractivity contribution in [1.82, 2.24) is 8.61 Å². The van der Waals surface area contributed by atoms with Crippen molar-refractivity contribution in [3.8, 4) is 24.2 Å². The summed E-state index contributed by atoms with van der Waals surface area (Å²) in [5.41, 5.74) is 2.23. The van der Waals surface area contributed by atoms with Crippen LogP contribution in [0.25, 0.3) is 0 Å². The number of sulfonamides is 2. The summed E-state index contributed by atoms with van der Waals surface area (Å²) in [6.07, 6.45) is 5.42. The van der Waals surface area contributed by atoms with Crippen LogP contribution in [0.1, 0.15) is 18.1 Å². The molecule has 0 saturated carbocycles. The smallest absolute Gasteiger partial charge is 0.207 e. The largest absolute Gasteiger partial charge is 0.244 e. The van der Waals surface area contributed by atoms with Gasteiger partial charge in [0.05, 0.1) is 22.9 Å². The number of nitrogens with zero attached hydrogens (tertiary/aromatic N) is 2. The van der Waals surface area contributed by atoms with Crippen molar-refractivity contribution < 1.29 is 16.8 Å². The third-order valence-corrected chi connectivity index (χ3v) is 8.43. The molecule has 0 atom stereocenters. The van der Waals surface area contributed by atoms with E-state index in [0.29, 0.717) is 5.57 Å². The van der Waals surface area contributed by atoms with E-state index in [2.05, 4.69) is 24.3 Å². The lowest BCUT2D eigenvalue weighted by Crippen LogP contribution is -2.38. The Morgan fingerprint density at radius 2 is 1.21 bits per heavy atom. The van der Waals surface area contributed by atoms with Gasteiger partial charge in [-0.05, 0) is 50.6 Å². The van der Waals surface area contributed by atoms with E-state index >= 15 is 0 Å². The molecule has 0 spiro atoms. The molecule has 0 unspecified atom stereocenters. The van der Waals surface area contributed by atoms with Gasteiger partial charge in [-0.2, -0.15) is 8.61 Å². The molecule has 0 radical (unpaired) electrons.